The highest BCUT2D eigenvalue weighted by Gasteiger charge is 2.08. The van der Waals surface area contributed by atoms with Gasteiger partial charge < -0.3 is 5.21 Å². The van der Waals surface area contributed by atoms with E-state index in [0.717, 1.165) is 5.56 Å². The lowest BCUT2D eigenvalue weighted by atomic mass is 10.2. The van der Waals surface area contributed by atoms with Gasteiger partial charge in [0.05, 0.1) is 0 Å². The molecule has 1 aromatic carbocycles. The predicted octanol–water partition coefficient (Wildman–Crippen LogP) is 1.20. The third-order valence-corrected chi connectivity index (χ3v) is 1.91. The lowest BCUT2D eigenvalue weighted by Crippen LogP contribution is -2.22. The van der Waals surface area contributed by atoms with E-state index in [4.69, 9.17) is 11.6 Å². The number of hydrogen-bond donors (Lipinski definition) is 0. The molecule has 0 saturated heterocycles. The zero-order valence-corrected chi connectivity index (χ0v) is 6.78. The van der Waals surface area contributed by atoms with Crippen molar-refractivity contribution < 1.29 is 9.53 Å². The lowest BCUT2D eigenvalue weighted by molar-refractivity contribution is -0.782. The number of rotatable bonds is 1. The Bertz CT molecular complexity index is 413. The molecule has 0 saturated carbocycles. The maximum absolute atomic E-state index is 10.8. The number of alkyl halides is 1. The van der Waals surface area contributed by atoms with E-state index < -0.39 is 0 Å². The van der Waals surface area contributed by atoms with Crippen LogP contribution >= 0.6 is 11.6 Å². The molecule has 0 atom stereocenters. The summed E-state index contributed by atoms with van der Waals surface area (Å²) in [5, 5.41) is 14.4. The highest BCUT2D eigenvalue weighted by molar-refractivity contribution is 6.17. The van der Waals surface area contributed by atoms with Crippen LogP contribution in [-0.4, -0.2) is 5.16 Å². The van der Waals surface area contributed by atoms with E-state index >= 15 is 0 Å². The van der Waals surface area contributed by atoms with Crippen molar-refractivity contribution in [2.75, 3.05) is 0 Å². The Hall–Kier alpha value is -1.29. The SMILES string of the molecule is [O-][n+]1onc2cc(CCl)ccc21. The van der Waals surface area contributed by atoms with Crippen LogP contribution in [0.15, 0.2) is 22.8 Å². The first kappa shape index (κ1) is 7.36. The first-order valence-corrected chi connectivity index (χ1v) is 3.89. The molecule has 0 spiro atoms. The van der Waals surface area contributed by atoms with Gasteiger partial charge in [0.1, 0.15) is 0 Å². The monoisotopic (exact) mass is 184 g/mol. The lowest BCUT2D eigenvalue weighted by Gasteiger charge is -1.90. The van der Waals surface area contributed by atoms with E-state index in [-0.39, 0.29) is 0 Å². The van der Waals surface area contributed by atoms with Crippen molar-refractivity contribution in [1.29, 1.82) is 0 Å². The van der Waals surface area contributed by atoms with Gasteiger partial charge in [0, 0.05) is 17.1 Å². The number of nitrogens with zero attached hydrogens (tertiary/aromatic N) is 2. The summed E-state index contributed by atoms with van der Waals surface area (Å²) in [5.41, 5.74) is 1.87. The molecule has 0 bridgehead atoms. The van der Waals surface area contributed by atoms with E-state index in [1.165, 1.54) is 0 Å². The van der Waals surface area contributed by atoms with Crippen LogP contribution in [0.1, 0.15) is 5.56 Å². The molecule has 0 unspecified atom stereocenters. The van der Waals surface area contributed by atoms with Crippen molar-refractivity contribution in [2.24, 2.45) is 0 Å². The Kier molecular flexibility index (Phi) is 1.62. The summed E-state index contributed by atoms with van der Waals surface area (Å²) in [6.07, 6.45) is 0. The fourth-order valence-electron chi connectivity index (χ4n) is 1.00. The Morgan fingerprint density at radius 3 is 3.17 bits per heavy atom. The summed E-state index contributed by atoms with van der Waals surface area (Å²) in [6, 6.07) is 5.12. The van der Waals surface area contributed by atoms with Crippen LogP contribution in [0.5, 0.6) is 0 Å². The van der Waals surface area contributed by atoms with Crippen molar-refractivity contribution in [3.8, 4) is 0 Å². The predicted molar refractivity (Wildman–Crippen MR) is 42.5 cm³/mol. The molecular weight excluding hydrogens is 180 g/mol. The third-order valence-electron chi connectivity index (χ3n) is 1.60. The standard InChI is InChI=1S/C7H5ClN2O2/c8-4-5-1-2-7-6(3-5)9-12-10(7)11/h1-3H,4H2. The highest BCUT2D eigenvalue weighted by Crippen LogP contribution is 2.11. The van der Waals surface area contributed by atoms with Gasteiger partial charge in [-0.25, -0.2) is 0 Å². The normalized spacial score (nSPS) is 10.8. The van der Waals surface area contributed by atoms with Gasteiger partial charge in [-0.2, -0.15) is 0 Å². The number of benzene rings is 1. The minimum absolute atomic E-state index is 0.368. The van der Waals surface area contributed by atoms with E-state index in [2.05, 4.69) is 9.79 Å². The molecule has 0 aliphatic carbocycles. The number of fused-ring (bicyclic) bond motifs is 1. The van der Waals surface area contributed by atoms with Crippen LogP contribution in [0.2, 0.25) is 0 Å². The molecule has 2 aromatic rings. The smallest absolute Gasteiger partial charge is 0.248 e. The van der Waals surface area contributed by atoms with Gasteiger partial charge in [0.2, 0.25) is 11.0 Å². The van der Waals surface area contributed by atoms with Gasteiger partial charge in [0.15, 0.2) is 0 Å². The molecule has 0 fully saturated rings. The molecule has 0 N–H and O–H groups in total. The second-order valence-electron chi connectivity index (χ2n) is 2.39. The van der Waals surface area contributed by atoms with Crippen molar-refractivity contribution in [3.05, 3.63) is 29.0 Å². The van der Waals surface area contributed by atoms with Gasteiger partial charge in [-0.3, -0.25) is 4.63 Å². The highest BCUT2D eigenvalue weighted by atomic mass is 35.5. The minimum atomic E-state index is 0.368. The molecule has 0 aliphatic rings. The van der Waals surface area contributed by atoms with Gasteiger partial charge >= 0.3 is 0 Å². The van der Waals surface area contributed by atoms with Gasteiger partial charge in [-0.1, -0.05) is 6.07 Å². The molecule has 12 heavy (non-hydrogen) atoms. The van der Waals surface area contributed by atoms with Crippen molar-refractivity contribution in [3.63, 3.8) is 0 Å². The Morgan fingerprint density at radius 2 is 2.42 bits per heavy atom. The Balaban J connectivity index is 2.69. The zero-order valence-electron chi connectivity index (χ0n) is 6.03. The topological polar surface area (TPSA) is 53.0 Å². The first-order chi connectivity index (χ1) is 5.81. The van der Waals surface area contributed by atoms with Crippen molar-refractivity contribution in [2.45, 2.75) is 5.88 Å². The van der Waals surface area contributed by atoms with Gasteiger partial charge in [-0.05, 0) is 16.5 Å². The molecular formula is C7H5ClN2O2. The second-order valence-corrected chi connectivity index (χ2v) is 2.65. The summed E-state index contributed by atoms with van der Waals surface area (Å²) in [7, 11) is 0. The fourth-order valence-corrected chi connectivity index (χ4v) is 1.17. The van der Waals surface area contributed by atoms with Crippen LogP contribution in [0.3, 0.4) is 0 Å². The molecule has 4 nitrogen and oxygen atoms in total. The quantitative estimate of drug-likeness (QED) is 0.494. The maximum atomic E-state index is 10.8. The van der Waals surface area contributed by atoms with Gasteiger partial charge in [0.25, 0.3) is 0 Å². The molecule has 0 radical (unpaired) electrons. The molecule has 0 aliphatic heterocycles. The van der Waals surface area contributed by atoms with E-state index in [9.17, 15) is 5.21 Å². The van der Waals surface area contributed by atoms with Crippen molar-refractivity contribution in [1.82, 2.24) is 5.16 Å². The first-order valence-electron chi connectivity index (χ1n) is 3.35. The van der Waals surface area contributed by atoms with Crippen LogP contribution in [0.25, 0.3) is 11.0 Å². The number of halogens is 1. The Morgan fingerprint density at radius 1 is 1.58 bits per heavy atom. The molecule has 1 heterocycles. The van der Waals surface area contributed by atoms with Crippen molar-refractivity contribution >= 4 is 22.6 Å². The molecule has 62 valence electrons. The van der Waals surface area contributed by atoms with Crippen LogP contribution < -0.4 is 4.90 Å². The van der Waals surface area contributed by atoms with Gasteiger partial charge in [-0.15, -0.1) is 11.6 Å². The number of aromatic nitrogens is 2. The van der Waals surface area contributed by atoms with E-state index in [0.29, 0.717) is 21.8 Å². The average Bonchev–Trinajstić information content (AvgIpc) is 2.47. The average molecular weight is 185 g/mol. The maximum Gasteiger partial charge on any atom is 0.248 e. The largest absolute Gasteiger partial charge is 0.359 e. The van der Waals surface area contributed by atoms with Crippen LogP contribution in [0.4, 0.5) is 0 Å². The minimum Gasteiger partial charge on any atom is -0.359 e. The molecule has 2 rings (SSSR count). The fraction of sp³-hybridized carbons (Fsp3) is 0.143. The Labute approximate surface area is 72.9 Å². The summed E-state index contributed by atoms with van der Waals surface area (Å²) >= 11 is 5.59. The zero-order chi connectivity index (χ0) is 8.55. The second kappa shape index (κ2) is 2.64. The summed E-state index contributed by atoms with van der Waals surface area (Å²) in [6.45, 7) is 0. The van der Waals surface area contributed by atoms with Crippen LogP contribution in [0, 0.1) is 5.21 Å². The number of hydrogen-bond acceptors (Lipinski definition) is 3. The van der Waals surface area contributed by atoms with Crippen LogP contribution in [-0.2, 0) is 5.88 Å². The molecule has 1 aromatic heterocycles. The summed E-state index contributed by atoms with van der Waals surface area (Å²) in [5.74, 6) is 0.404. The van der Waals surface area contributed by atoms with E-state index in [1.807, 2.05) is 0 Å². The third kappa shape index (κ3) is 1.00. The molecule has 5 heteroatoms. The summed E-state index contributed by atoms with van der Waals surface area (Å²) in [4.78, 5) is 0.368. The summed E-state index contributed by atoms with van der Waals surface area (Å²) < 4.78 is 4.38. The van der Waals surface area contributed by atoms with E-state index in [1.54, 1.807) is 18.2 Å². The molecule has 0 amide bonds.